The number of halogens is 1. The highest BCUT2D eigenvalue weighted by Gasteiger charge is 2.55. The van der Waals surface area contributed by atoms with E-state index in [0.29, 0.717) is 6.42 Å². The second-order valence-electron chi connectivity index (χ2n) is 6.32. The molecule has 0 aromatic heterocycles. The van der Waals surface area contributed by atoms with Gasteiger partial charge in [-0.25, -0.2) is 4.99 Å². The minimum atomic E-state index is -1.01. The molecule has 0 fully saturated rings. The van der Waals surface area contributed by atoms with Gasteiger partial charge in [-0.1, -0.05) is 28.9 Å². The van der Waals surface area contributed by atoms with Crippen LogP contribution in [0.3, 0.4) is 0 Å². The molecular weight excluding hydrogens is 334 g/mol. The number of aliphatic imine (C=N–C) groups is 1. The Morgan fingerprint density at radius 3 is 2.81 bits per heavy atom. The molecule has 5 nitrogen and oxygen atoms in total. The van der Waals surface area contributed by atoms with E-state index in [2.05, 4.69) is 20.9 Å². The minimum Gasteiger partial charge on any atom is -0.396 e. The Balaban J connectivity index is 2.26. The van der Waals surface area contributed by atoms with Gasteiger partial charge in [-0.2, -0.15) is 0 Å². The van der Waals surface area contributed by atoms with E-state index in [0.717, 1.165) is 22.0 Å². The van der Waals surface area contributed by atoms with Gasteiger partial charge in [-0.15, -0.1) is 0 Å². The number of amides is 1. The molecule has 1 heterocycles. The van der Waals surface area contributed by atoms with Crippen molar-refractivity contribution in [1.29, 1.82) is 0 Å². The number of carbonyl (C=O) groups excluding carboxylic acids is 1. The fourth-order valence-electron chi connectivity index (χ4n) is 3.43. The fourth-order valence-corrected chi connectivity index (χ4v) is 3.79. The number of nitrogens with zero attached hydrogens (tertiary/aromatic N) is 2. The van der Waals surface area contributed by atoms with E-state index < -0.39 is 5.54 Å². The van der Waals surface area contributed by atoms with Gasteiger partial charge in [-0.3, -0.25) is 9.69 Å². The summed E-state index contributed by atoms with van der Waals surface area (Å²) in [6.07, 6.45) is 1.18. The van der Waals surface area contributed by atoms with Crippen molar-refractivity contribution in [1.82, 2.24) is 4.90 Å². The summed E-state index contributed by atoms with van der Waals surface area (Å²) in [6.45, 7) is 1.99. The number of likely N-dealkylation sites (N-methyl/N-ethyl adjacent to an activating group) is 1. The first-order valence-corrected chi connectivity index (χ1v) is 7.64. The monoisotopic (exact) mass is 351 g/mol. The Morgan fingerprint density at radius 1 is 1.52 bits per heavy atom. The molecule has 2 atom stereocenters. The maximum atomic E-state index is 12.8. The first kappa shape index (κ1) is 14.5. The fraction of sp³-hybridized carbons (Fsp3) is 0.467. The molecule has 1 aliphatic carbocycles. The molecule has 0 saturated carbocycles. The van der Waals surface area contributed by atoms with Gasteiger partial charge in [-0.05, 0) is 41.5 Å². The molecule has 3 rings (SSSR count). The van der Waals surface area contributed by atoms with Crippen LogP contribution in [0.4, 0.5) is 0 Å². The Hall–Kier alpha value is -1.40. The van der Waals surface area contributed by atoms with E-state index >= 15 is 0 Å². The predicted molar refractivity (Wildman–Crippen MR) is 83.7 cm³/mol. The van der Waals surface area contributed by atoms with Crippen molar-refractivity contribution < 1.29 is 9.90 Å². The molecule has 1 spiro atoms. The Bertz CT molecular complexity index is 660. The van der Waals surface area contributed by atoms with Crippen LogP contribution in [0.2, 0.25) is 0 Å². The zero-order valence-corrected chi connectivity index (χ0v) is 13.6. The van der Waals surface area contributed by atoms with Crippen LogP contribution in [0.1, 0.15) is 24.5 Å². The topological polar surface area (TPSA) is 78.9 Å². The molecule has 1 aromatic carbocycles. The summed E-state index contributed by atoms with van der Waals surface area (Å²) in [5.74, 6) is 0.104. The number of guanidine groups is 1. The van der Waals surface area contributed by atoms with Gasteiger partial charge in [0.1, 0.15) is 0 Å². The summed E-state index contributed by atoms with van der Waals surface area (Å²) in [5, 5.41) is 9.78. The van der Waals surface area contributed by atoms with Crippen molar-refractivity contribution in [2.24, 2.45) is 16.1 Å². The third-order valence-electron chi connectivity index (χ3n) is 4.51. The van der Waals surface area contributed by atoms with Crippen molar-refractivity contribution >= 4 is 27.8 Å². The number of hydrogen-bond acceptors (Lipinski definition) is 4. The number of aliphatic hydroxyl groups is 1. The van der Waals surface area contributed by atoms with E-state index in [1.165, 1.54) is 4.90 Å². The van der Waals surface area contributed by atoms with Crippen LogP contribution in [-0.4, -0.2) is 35.5 Å². The molecule has 0 radical (unpaired) electrons. The van der Waals surface area contributed by atoms with Crippen LogP contribution in [-0.2, 0) is 16.8 Å². The number of benzene rings is 1. The first-order valence-electron chi connectivity index (χ1n) is 6.85. The van der Waals surface area contributed by atoms with Crippen LogP contribution in [0.25, 0.3) is 0 Å². The Morgan fingerprint density at radius 2 is 2.24 bits per heavy atom. The van der Waals surface area contributed by atoms with Crippen LogP contribution in [0.15, 0.2) is 27.7 Å². The maximum Gasteiger partial charge on any atom is 0.261 e. The first-order chi connectivity index (χ1) is 9.81. The molecule has 1 aliphatic heterocycles. The highest BCUT2D eigenvalue weighted by atomic mass is 79.9. The summed E-state index contributed by atoms with van der Waals surface area (Å²) in [7, 11) is 1.64. The standard InChI is InChI=1S/C15H18BrN3O2/c1-14(8-20)6-9-3-4-10(16)5-11(9)15(7-14)12(21)19(2)13(17)18-15/h3-5,20H,6-8H2,1-2H3,(H2,17,18)/t14-,15+/m0/s1. The lowest BCUT2D eigenvalue weighted by molar-refractivity contribution is -0.132. The second-order valence-corrected chi connectivity index (χ2v) is 7.23. The largest absolute Gasteiger partial charge is 0.396 e. The lowest BCUT2D eigenvalue weighted by atomic mass is 9.64. The summed E-state index contributed by atoms with van der Waals surface area (Å²) >= 11 is 3.46. The average molecular weight is 352 g/mol. The molecule has 0 unspecified atom stereocenters. The minimum absolute atomic E-state index is 0.0106. The number of aliphatic hydroxyl groups excluding tert-OH is 1. The van der Waals surface area contributed by atoms with E-state index in [1.807, 2.05) is 25.1 Å². The Kier molecular flexibility index (Phi) is 3.15. The third-order valence-corrected chi connectivity index (χ3v) is 5.00. The van der Waals surface area contributed by atoms with Crippen LogP contribution in [0, 0.1) is 5.41 Å². The molecule has 1 aromatic rings. The summed E-state index contributed by atoms with van der Waals surface area (Å²) in [5.41, 5.74) is 6.42. The smallest absolute Gasteiger partial charge is 0.261 e. The lowest BCUT2D eigenvalue weighted by Gasteiger charge is -2.42. The summed E-state index contributed by atoms with van der Waals surface area (Å²) in [4.78, 5) is 18.7. The SMILES string of the molecule is CN1C(=O)[C@]2(C[C@@](C)(CO)Cc3ccc(Br)cc32)N=C1N. The van der Waals surface area contributed by atoms with Gasteiger partial charge >= 0.3 is 0 Å². The van der Waals surface area contributed by atoms with Gasteiger partial charge < -0.3 is 10.8 Å². The molecule has 3 N–H and O–H groups in total. The summed E-state index contributed by atoms with van der Waals surface area (Å²) in [6, 6.07) is 5.89. The van der Waals surface area contributed by atoms with Gasteiger partial charge in [0, 0.05) is 18.1 Å². The molecular formula is C15H18BrN3O2. The predicted octanol–water partition coefficient (Wildman–Crippen LogP) is 1.38. The normalized spacial score (nSPS) is 31.5. The van der Waals surface area contributed by atoms with Gasteiger partial charge in [0.25, 0.3) is 5.91 Å². The molecule has 112 valence electrons. The van der Waals surface area contributed by atoms with Gasteiger partial charge in [0.05, 0.1) is 0 Å². The van der Waals surface area contributed by atoms with Crippen molar-refractivity contribution in [3.05, 3.63) is 33.8 Å². The van der Waals surface area contributed by atoms with Crippen LogP contribution < -0.4 is 5.73 Å². The lowest BCUT2D eigenvalue weighted by Crippen LogP contribution is -2.47. The average Bonchev–Trinajstić information content (AvgIpc) is 2.65. The second kappa shape index (κ2) is 4.55. The Labute approximate surface area is 132 Å². The van der Waals surface area contributed by atoms with Crippen molar-refractivity contribution in [2.45, 2.75) is 25.3 Å². The van der Waals surface area contributed by atoms with Crippen molar-refractivity contribution in [2.75, 3.05) is 13.7 Å². The number of hydrogen-bond donors (Lipinski definition) is 2. The van der Waals surface area contributed by atoms with E-state index in [4.69, 9.17) is 5.73 Å². The number of rotatable bonds is 1. The summed E-state index contributed by atoms with van der Waals surface area (Å²) < 4.78 is 0.907. The number of nitrogens with two attached hydrogens (primary N) is 1. The molecule has 1 amide bonds. The highest BCUT2D eigenvalue weighted by Crippen LogP contribution is 2.50. The number of carbonyl (C=O) groups is 1. The highest BCUT2D eigenvalue weighted by molar-refractivity contribution is 9.10. The quantitative estimate of drug-likeness (QED) is 0.801. The van der Waals surface area contributed by atoms with E-state index in [-0.39, 0.29) is 23.9 Å². The van der Waals surface area contributed by atoms with E-state index in [1.54, 1.807) is 7.05 Å². The molecule has 0 saturated heterocycles. The van der Waals surface area contributed by atoms with Crippen LogP contribution >= 0.6 is 15.9 Å². The number of fused-ring (bicyclic) bond motifs is 2. The molecule has 0 bridgehead atoms. The van der Waals surface area contributed by atoms with Gasteiger partial charge in [0.2, 0.25) is 0 Å². The zero-order valence-electron chi connectivity index (χ0n) is 12.1. The van der Waals surface area contributed by atoms with E-state index in [9.17, 15) is 9.90 Å². The maximum absolute atomic E-state index is 12.8. The zero-order chi connectivity index (χ0) is 15.4. The molecule has 2 aliphatic rings. The van der Waals surface area contributed by atoms with Crippen molar-refractivity contribution in [3.63, 3.8) is 0 Å². The van der Waals surface area contributed by atoms with Gasteiger partial charge in [0.15, 0.2) is 11.5 Å². The third kappa shape index (κ3) is 2.00. The van der Waals surface area contributed by atoms with Crippen molar-refractivity contribution in [3.8, 4) is 0 Å². The molecule has 21 heavy (non-hydrogen) atoms. The van der Waals surface area contributed by atoms with Crippen LogP contribution in [0.5, 0.6) is 0 Å². The molecule has 6 heteroatoms.